The molecule has 1 aromatic carbocycles. The SMILES string of the molecule is CNc1ccc(Cl)cc1C(=N)c1cnc2[nH]cc(C(=O)NC(C(=O)N3CCC(C#N)CC3)C3CC3)c2n1. The van der Waals surface area contributed by atoms with Crippen molar-refractivity contribution in [2.75, 3.05) is 25.5 Å². The zero-order valence-corrected chi connectivity index (χ0v) is 21.1. The molecule has 4 N–H and O–H groups in total. The second kappa shape index (κ2) is 10.2. The molecule has 1 atom stereocenters. The summed E-state index contributed by atoms with van der Waals surface area (Å²) in [6.45, 7) is 1.05. The van der Waals surface area contributed by atoms with Gasteiger partial charge in [-0.1, -0.05) is 11.6 Å². The Labute approximate surface area is 218 Å². The maximum Gasteiger partial charge on any atom is 0.255 e. The van der Waals surface area contributed by atoms with Crippen LogP contribution in [0.4, 0.5) is 5.69 Å². The first-order valence-electron chi connectivity index (χ1n) is 12.3. The molecule has 2 aromatic heterocycles. The number of halogens is 1. The summed E-state index contributed by atoms with van der Waals surface area (Å²) >= 11 is 6.16. The second-order valence-electron chi connectivity index (χ2n) is 9.49. The van der Waals surface area contributed by atoms with Gasteiger partial charge in [0.15, 0.2) is 5.65 Å². The maximum absolute atomic E-state index is 13.4. The van der Waals surface area contributed by atoms with Crippen molar-refractivity contribution in [3.63, 3.8) is 0 Å². The Morgan fingerprint density at radius 2 is 2.00 bits per heavy atom. The monoisotopic (exact) mass is 518 g/mol. The Balaban J connectivity index is 1.38. The lowest BCUT2D eigenvalue weighted by Crippen LogP contribution is -2.51. The van der Waals surface area contributed by atoms with Gasteiger partial charge < -0.3 is 20.5 Å². The van der Waals surface area contributed by atoms with Gasteiger partial charge in [0.25, 0.3) is 5.91 Å². The van der Waals surface area contributed by atoms with Gasteiger partial charge in [0.1, 0.15) is 17.3 Å². The fourth-order valence-corrected chi connectivity index (χ4v) is 4.89. The Morgan fingerprint density at radius 1 is 1.24 bits per heavy atom. The molecule has 2 aliphatic rings. The molecule has 1 saturated heterocycles. The Kier molecular flexibility index (Phi) is 6.80. The number of aromatic nitrogens is 3. The van der Waals surface area contributed by atoms with E-state index in [4.69, 9.17) is 22.3 Å². The van der Waals surface area contributed by atoms with E-state index in [1.165, 1.54) is 12.4 Å². The van der Waals surface area contributed by atoms with Crippen molar-refractivity contribution < 1.29 is 9.59 Å². The van der Waals surface area contributed by atoms with Gasteiger partial charge in [-0.25, -0.2) is 9.97 Å². The normalized spacial score (nSPS) is 16.7. The number of piperidine rings is 1. The van der Waals surface area contributed by atoms with Crippen molar-refractivity contribution in [2.45, 2.75) is 31.7 Å². The van der Waals surface area contributed by atoms with Crippen molar-refractivity contribution in [2.24, 2.45) is 11.8 Å². The van der Waals surface area contributed by atoms with E-state index in [1.807, 2.05) is 0 Å². The molecule has 2 amide bonds. The molecule has 0 bridgehead atoms. The summed E-state index contributed by atoms with van der Waals surface area (Å²) in [5.74, 6) is -0.430. The number of rotatable bonds is 7. The van der Waals surface area contributed by atoms with E-state index >= 15 is 0 Å². The highest BCUT2D eigenvalue weighted by Crippen LogP contribution is 2.34. The Bertz CT molecular complexity index is 1420. The Morgan fingerprint density at radius 3 is 2.68 bits per heavy atom. The van der Waals surface area contributed by atoms with E-state index in [0.29, 0.717) is 53.4 Å². The third kappa shape index (κ3) is 5.00. The largest absolute Gasteiger partial charge is 0.388 e. The molecule has 10 nitrogen and oxygen atoms in total. The van der Waals surface area contributed by atoms with Gasteiger partial charge in [-0.15, -0.1) is 0 Å². The van der Waals surface area contributed by atoms with Crippen LogP contribution in [0.25, 0.3) is 11.2 Å². The number of hydrogen-bond acceptors (Lipinski definition) is 7. The molecule has 5 rings (SSSR count). The summed E-state index contributed by atoms with van der Waals surface area (Å²) < 4.78 is 0. The molecule has 1 aliphatic heterocycles. The standard InChI is InChI=1S/C26H27ClN8O2/c1-30-19-5-4-16(27)10-17(19)21(29)20-13-32-24-23(33-20)18(12-31-24)25(36)34-22(15-2-3-15)26(37)35-8-6-14(11-28)7-9-35/h4-5,10,12-15,22,29-30H,2-3,6-9H2,1H3,(H,31,32)(H,34,36). The minimum atomic E-state index is -0.616. The molecule has 37 heavy (non-hydrogen) atoms. The van der Waals surface area contributed by atoms with Crippen molar-refractivity contribution in [1.29, 1.82) is 10.7 Å². The number of likely N-dealkylation sites (tertiary alicyclic amines) is 1. The summed E-state index contributed by atoms with van der Waals surface area (Å²) in [7, 11) is 1.76. The molecule has 3 heterocycles. The average molecular weight is 519 g/mol. The third-order valence-electron chi connectivity index (χ3n) is 7.04. The number of carbonyl (C=O) groups excluding carboxylic acids is 2. The van der Waals surface area contributed by atoms with Crippen LogP contribution in [0.5, 0.6) is 0 Å². The zero-order chi connectivity index (χ0) is 26.1. The van der Waals surface area contributed by atoms with Crippen LogP contribution in [-0.2, 0) is 4.79 Å². The summed E-state index contributed by atoms with van der Waals surface area (Å²) in [5.41, 5.74) is 2.67. The summed E-state index contributed by atoms with van der Waals surface area (Å²) in [6, 6.07) is 6.86. The number of H-pyrrole nitrogens is 1. The van der Waals surface area contributed by atoms with E-state index in [1.54, 1.807) is 30.1 Å². The molecule has 3 aromatic rings. The van der Waals surface area contributed by atoms with Gasteiger partial charge >= 0.3 is 0 Å². The van der Waals surface area contributed by atoms with Gasteiger partial charge in [-0.05, 0) is 49.8 Å². The fourth-order valence-electron chi connectivity index (χ4n) is 4.72. The maximum atomic E-state index is 13.4. The number of hydrogen-bond donors (Lipinski definition) is 4. The summed E-state index contributed by atoms with van der Waals surface area (Å²) in [6.07, 6.45) is 6.08. The van der Waals surface area contributed by atoms with Crippen LogP contribution in [0, 0.1) is 28.6 Å². The van der Waals surface area contributed by atoms with Crippen molar-refractivity contribution in [3.05, 3.63) is 52.4 Å². The summed E-state index contributed by atoms with van der Waals surface area (Å²) in [4.78, 5) is 40.3. The number of benzene rings is 1. The smallest absolute Gasteiger partial charge is 0.255 e. The lowest BCUT2D eigenvalue weighted by molar-refractivity contribution is -0.135. The van der Waals surface area contributed by atoms with Crippen LogP contribution >= 0.6 is 11.6 Å². The van der Waals surface area contributed by atoms with E-state index in [-0.39, 0.29) is 34.7 Å². The molecule has 190 valence electrons. The van der Waals surface area contributed by atoms with Gasteiger partial charge in [0.2, 0.25) is 5.91 Å². The van der Waals surface area contributed by atoms with Crippen molar-refractivity contribution in [1.82, 2.24) is 25.2 Å². The van der Waals surface area contributed by atoms with Crippen LogP contribution in [0.2, 0.25) is 5.02 Å². The highest BCUT2D eigenvalue weighted by molar-refractivity contribution is 6.31. The second-order valence-corrected chi connectivity index (χ2v) is 9.92. The van der Waals surface area contributed by atoms with Gasteiger partial charge in [-0.2, -0.15) is 5.26 Å². The van der Waals surface area contributed by atoms with Gasteiger partial charge in [-0.3, -0.25) is 15.0 Å². The first kappa shape index (κ1) is 24.7. The molecule has 1 aliphatic carbocycles. The number of anilines is 1. The molecule has 0 spiro atoms. The number of amides is 2. The zero-order valence-electron chi connectivity index (χ0n) is 20.3. The average Bonchev–Trinajstić information content (AvgIpc) is 3.68. The molecule has 2 fully saturated rings. The number of fused-ring (bicyclic) bond motifs is 1. The molecular formula is C26H27ClN8O2. The van der Waals surface area contributed by atoms with Crippen molar-refractivity contribution in [3.8, 4) is 6.07 Å². The number of aromatic amines is 1. The van der Waals surface area contributed by atoms with Crippen LogP contribution < -0.4 is 10.6 Å². The van der Waals surface area contributed by atoms with E-state index in [2.05, 4.69) is 31.7 Å². The van der Waals surface area contributed by atoms with Crippen LogP contribution in [0.3, 0.4) is 0 Å². The minimum Gasteiger partial charge on any atom is -0.388 e. The molecular weight excluding hydrogens is 492 g/mol. The first-order chi connectivity index (χ1) is 17.9. The quantitative estimate of drug-likeness (QED) is 0.352. The molecule has 1 unspecified atom stereocenters. The van der Waals surface area contributed by atoms with Crippen LogP contribution in [0.15, 0.2) is 30.6 Å². The van der Waals surface area contributed by atoms with Gasteiger partial charge in [0.05, 0.1) is 23.5 Å². The van der Waals surface area contributed by atoms with Crippen LogP contribution in [-0.4, -0.2) is 63.6 Å². The fraction of sp³-hybridized carbons (Fsp3) is 0.385. The van der Waals surface area contributed by atoms with Crippen LogP contribution in [0.1, 0.15) is 47.3 Å². The lowest BCUT2D eigenvalue weighted by atomic mass is 9.97. The number of nitriles is 1. The predicted octanol–water partition coefficient (Wildman–Crippen LogP) is 3.34. The van der Waals surface area contributed by atoms with E-state index in [0.717, 1.165) is 12.8 Å². The number of nitrogens with zero attached hydrogens (tertiary/aromatic N) is 4. The number of carbonyl (C=O) groups is 2. The van der Waals surface area contributed by atoms with Gasteiger partial charge in [0, 0.05) is 48.5 Å². The summed E-state index contributed by atoms with van der Waals surface area (Å²) in [5, 5.41) is 24.3. The highest BCUT2D eigenvalue weighted by Gasteiger charge is 2.40. The van der Waals surface area contributed by atoms with E-state index in [9.17, 15) is 9.59 Å². The number of nitrogens with one attached hydrogen (secondary N) is 4. The molecule has 11 heteroatoms. The third-order valence-corrected chi connectivity index (χ3v) is 7.27. The topological polar surface area (TPSA) is 151 Å². The minimum absolute atomic E-state index is 0.0214. The molecule has 1 saturated carbocycles. The Hall–Kier alpha value is -3.97. The predicted molar refractivity (Wildman–Crippen MR) is 140 cm³/mol. The van der Waals surface area contributed by atoms with Crippen molar-refractivity contribution >= 4 is 46.0 Å². The molecule has 0 radical (unpaired) electrons. The first-order valence-corrected chi connectivity index (χ1v) is 12.7. The van der Waals surface area contributed by atoms with E-state index < -0.39 is 11.9 Å². The lowest BCUT2D eigenvalue weighted by Gasteiger charge is -2.32. The highest BCUT2D eigenvalue weighted by atomic mass is 35.5.